The number of imide groups is 1. The number of hydrogen-bond acceptors (Lipinski definition) is 4. The lowest BCUT2D eigenvalue weighted by molar-refractivity contribution is -0.920. The fourth-order valence-electron chi connectivity index (χ4n) is 3.70. The summed E-state index contributed by atoms with van der Waals surface area (Å²) in [4.78, 5) is 38.2. The van der Waals surface area contributed by atoms with Crippen molar-refractivity contribution in [1.29, 1.82) is 0 Å². The molecule has 0 unspecified atom stereocenters. The molecule has 24 heavy (non-hydrogen) atoms. The van der Waals surface area contributed by atoms with Crippen LogP contribution >= 0.6 is 0 Å². The van der Waals surface area contributed by atoms with Gasteiger partial charge < -0.3 is 14.8 Å². The molecule has 1 atom stereocenters. The van der Waals surface area contributed by atoms with Gasteiger partial charge in [0.15, 0.2) is 6.04 Å². The van der Waals surface area contributed by atoms with Crippen molar-refractivity contribution in [3.8, 4) is 0 Å². The maximum Gasteiger partial charge on any atom is 0.288 e. The summed E-state index contributed by atoms with van der Waals surface area (Å²) in [5, 5.41) is 10.9. The highest BCUT2D eigenvalue weighted by Gasteiger charge is 2.45. The van der Waals surface area contributed by atoms with E-state index in [0.717, 1.165) is 10.5 Å². The standard InChI is InChI=1S/C18H22N2O4/c21-16-12-15(19-9-7-14(8-10-19)18(23)24)17(22)20(16)11-6-13-4-2-1-3-5-13/h1-5,14-15H,6-12H2,(H,23,24)/t15-/m1/s1. The number of amides is 2. The van der Waals surface area contributed by atoms with E-state index in [1.54, 1.807) is 0 Å². The summed E-state index contributed by atoms with van der Waals surface area (Å²) < 4.78 is 0. The zero-order valence-corrected chi connectivity index (χ0v) is 13.6. The number of carbonyl (C=O) groups is 3. The second kappa shape index (κ2) is 7.13. The predicted octanol–water partition coefficient (Wildman–Crippen LogP) is -1.60. The summed E-state index contributed by atoms with van der Waals surface area (Å²) in [7, 11) is 0. The quantitative estimate of drug-likeness (QED) is 0.660. The molecule has 2 fully saturated rings. The number of carboxylic acids is 1. The molecule has 1 N–H and O–H groups in total. The number of likely N-dealkylation sites (tertiary alicyclic amines) is 2. The third kappa shape index (κ3) is 3.48. The number of nitrogens with one attached hydrogen (secondary N) is 1. The van der Waals surface area contributed by atoms with Gasteiger partial charge in [-0.2, -0.15) is 0 Å². The molecule has 2 amide bonds. The molecule has 2 aliphatic heterocycles. The van der Waals surface area contributed by atoms with Crippen LogP contribution in [-0.2, 0) is 20.8 Å². The Morgan fingerprint density at radius 1 is 1.17 bits per heavy atom. The molecule has 2 saturated heterocycles. The number of quaternary nitrogens is 1. The molecule has 0 saturated carbocycles. The van der Waals surface area contributed by atoms with Gasteiger partial charge in [-0.1, -0.05) is 30.3 Å². The van der Waals surface area contributed by atoms with E-state index in [2.05, 4.69) is 0 Å². The summed E-state index contributed by atoms with van der Waals surface area (Å²) in [5.74, 6) is -1.66. The Balaban J connectivity index is 1.57. The third-order valence-electron chi connectivity index (χ3n) is 5.16. The van der Waals surface area contributed by atoms with Crippen molar-refractivity contribution in [2.45, 2.75) is 31.7 Å². The summed E-state index contributed by atoms with van der Waals surface area (Å²) in [6, 6.07) is 9.44. The molecule has 1 aromatic rings. The second-order valence-electron chi connectivity index (χ2n) is 6.63. The van der Waals surface area contributed by atoms with E-state index < -0.39 is 11.9 Å². The van der Waals surface area contributed by atoms with Crippen LogP contribution in [0.1, 0.15) is 24.8 Å². The number of carbonyl (C=O) groups excluding carboxylic acids is 3. The number of carboxylic acid groups (broad SMARTS) is 1. The Morgan fingerprint density at radius 2 is 1.83 bits per heavy atom. The fraction of sp³-hybridized carbons (Fsp3) is 0.500. The van der Waals surface area contributed by atoms with Crippen LogP contribution in [0.3, 0.4) is 0 Å². The molecule has 128 valence electrons. The monoisotopic (exact) mass is 330 g/mol. The molecule has 1 aromatic carbocycles. The van der Waals surface area contributed by atoms with Crippen molar-refractivity contribution in [2.24, 2.45) is 5.92 Å². The van der Waals surface area contributed by atoms with Crippen molar-refractivity contribution in [3.63, 3.8) is 0 Å². The number of rotatable bonds is 5. The SMILES string of the molecule is O=C([O-])C1CC[NH+]([C@@H]2CC(=O)N(CCc3ccccc3)C2=O)CC1. The van der Waals surface area contributed by atoms with Crippen LogP contribution in [0.5, 0.6) is 0 Å². The van der Waals surface area contributed by atoms with Crippen molar-refractivity contribution in [2.75, 3.05) is 19.6 Å². The molecule has 0 aromatic heterocycles. The normalized spacial score (nSPS) is 27.5. The van der Waals surface area contributed by atoms with Gasteiger partial charge in [-0.15, -0.1) is 0 Å². The minimum absolute atomic E-state index is 0.113. The van der Waals surface area contributed by atoms with Crippen LogP contribution in [0.25, 0.3) is 0 Å². The topological polar surface area (TPSA) is 81.9 Å². The molecule has 6 nitrogen and oxygen atoms in total. The molecule has 0 bridgehead atoms. The highest BCUT2D eigenvalue weighted by molar-refractivity contribution is 6.04. The van der Waals surface area contributed by atoms with Crippen LogP contribution < -0.4 is 10.0 Å². The average molecular weight is 330 g/mol. The Hall–Kier alpha value is -2.21. The van der Waals surface area contributed by atoms with E-state index in [-0.39, 0.29) is 24.3 Å². The van der Waals surface area contributed by atoms with Crippen LogP contribution in [0.15, 0.2) is 30.3 Å². The number of benzene rings is 1. The zero-order chi connectivity index (χ0) is 17.1. The predicted molar refractivity (Wildman–Crippen MR) is 83.7 cm³/mol. The van der Waals surface area contributed by atoms with E-state index in [4.69, 9.17) is 0 Å². The van der Waals surface area contributed by atoms with Crippen molar-refractivity contribution in [3.05, 3.63) is 35.9 Å². The van der Waals surface area contributed by atoms with Gasteiger partial charge in [-0.05, 0) is 12.0 Å². The number of hydrogen-bond donors (Lipinski definition) is 1. The first kappa shape index (κ1) is 16.6. The van der Waals surface area contributed by atoms with Crippen molar-refractivity contribution < 1.29 is 24.4 Å². The zero-order valence-electron chi connectivity index (χ0n) is 13.6. The summed E-state index contributed by atoms with van der Waals surface area (Å²) in [5.41, 5.74) is 1.10. The Bertz CT molecular complexity index is 623. The van der Waals surface area contributed by atoms with E-state index in [1.165, 1.54) is 4.90 Å². The van der Waals surface area contributed by atoms with Gasteiger partial charge in [0, 0.05) is 31.3 Å². The largest absolute Gasteiger partial charge is 0.550 e. The van der Waals surface area contributed by atoms with E-state index >= 15 is 0 Å². The summed E-state index contributed by atoms with van der Waals surface area (Å²) >= 11 is 0. The molecular weight excluding hydrogens is 308 g/mol. The first-order chi connectivity index (χ1) is 11.6. The van der Waals surface area contributed by atoms with E-state index in [0.29, 0.717) is 38.9 Å². The van der Waals surface area contributed by atoms with Gasteiger partial charge in [0.25, 0.3) is 5.91 Å². The van der Waals surface area contributed by atoms with Crippen molar-refractivity contribution in [1.82, 2.24) is 4.90 Å². The molecular formula is C18H22N2O4. The van der Waals surface area contributed by atoms with Gasteiger partial charge >= 0.3 is 0 Å². The average Bonchev–Trinajstić information content (AvgIpc) is 2.88. The fourth-order valence-corrected chi connectivity index (χ4v) is 3.70. The lowest BCUT2D eigenvalue weighted by Gasteiger charge is -2.32. The van der Waals surface area contributed by atoms with Gasteiger partial charge in [0.05, 0.1) is 19.5 Å². The Labute approximate surface area is 141 Å². The maximum absolute atomic E-state index is 12.6. The molecule has 6 heteroatoms. The first-order valence-electron chi connectivity index (χ1n) is 8.50. The van der Waals surface area contributed by atoms with E-state index in [9.17, 15) is 19.5 Å². The molecule has 0 radical (unpaired) electrons. The molecule has 0 spiro atoms. The van der Waals surface area contributed by atoms with Crippen LogP contribution in [0.4, 0.5) is 0 Å². The van der Waals surface area contributed by atoms with Crippen molar-refractivity contribution >= 4 is 17.8 Å². The minimum Gasteiger partial charge on any atom is -0.550 e. The minimum atomic E-state index is -1.01. The number of nitrogens with zero attached hydrogens (tertiary/aromatic N) is 1. The van der Waals surface area contributed by atoms with Crippen LogP contribution in [0.2, 0.25) is 0 Å². The van der Waals surface area contributed by atoms with Crippen LogP contribution in [-0.4, -0.2) is 48.4 Å². The van der Waals surface area contributed by atoms with Gasteiger partial charge in [-0.25, -0.2) is 0 Å². The third-order valence-corrected chi connectivity index (χ3v) is 5.16. The van der Waals surface area contributed by atoms with E-state index in [1.807, 2.05) is 30.3 Å². The highest BCUT2D eigenvalue weighted by Crippen LogP contribution is 2.15. The number of aliphatic carboxylic acids is 1. The van der Waals surface area contributed by atoms with Gasteiger partial charge in [0.1, 0.15) is 0 Å². The lowest BCUT2D eigenvalue weighted by atomic mass is 9.96. The second-order valence-corrected chi connectivity index (χ2v) is 6.63. The van der Waals surface area contributed by atoms with Gasteiger partial charge in [0.2, 0.25) is 5.91 Å². The number of piperidine rings is 1. The molecule has 3 rings (SSSR count). The highest BCUT2D eigenvalue weighted by atomic mass is 16.4. The maximum atomic E-state index is 12.6. The smallest absolute Gasteiger partial charge is 0.288 e. The van der Waals surface area contributed by atoms with Gasteiger partial charge in [-0.3, -0.25) is 14.5 Å². The Kier molecular flexibility index (Phi) is 4.94. The van der Waals surface area contributed by atoms with Crippen LogP contribution in [0, 0.1) is 5.92 Å². The summed E-state index contributed by atoms with van der Waals surface area (Å²) in [6.07, 6.45) is 1.92. The summed E-state index contributed by atoms with van der Waals surface area (Å²) in [6.45, 7) is 1.62. The molecule has 2 aliphatic rings. The molecule has 0 aliphatic carbocycles. The molecule has 2 heterocycles. The Morgan fingerprint density at radius 3 is 2.46 bits per heavy atom. The lowest BCUT2D eigenvalue weighted by Crippen LogP contribution is -3.17. The first-order valence-corrected chi connectivity index (χ1v) is 8.50.